The van der Waals surface area contributed by atoms with Gasteiger partial charge in [0.1, 0.15) is 12.4 Å². The molecule has 0 spiro atoms. The molecule has 1 aromatic heterocycles. The normalized spacial score (nSPS) is 20.3. The van der Waals surface area contributed by atoms with Crippen LogP contribution in [0.1, 0.15) is 38.7 Å². The maximum Gasteiger partial charge on any atom is 0.126 e. The zero-order valence-corrected chi connectivity index (χ0v) is 12.9. The highest BCUT2D eigenvalue weighted by atomic mass is 16.5. The van der Waals surface area contributed by atoms with Gasteiger partial charge in [-0.3, -0.25) is 4.98 Å². The number of piperidine rings is 1. The molecule has 0 saturated carbocycles. The molecule has 1 atom stereocenters. The number of likely N-dealkylation sites (N-methyl/N-ethyl adjacent to an activating group) is 1. The summed E-state index contributed by atoms with van der Waals surface area (Å²) in [5.41, 5.74) is 1.14. The molecule has 1 unspecified atom stereocenters. The van der Waals surface area contributed by atoms with E-state index in [1.807, 2.05) is 12.3 Å². The monoisotopic (exact) mass is 277 g/mol. The Morgan fingerprint density at radius 1 is 1.45 bits per heavy atom. The van der Waals surface area contributed by atoms with Crippen molar-refractivity contribution in [2.75, 3.05) is 20.2 Å². The highest BCUT2D eigenvalue weighted by Gasteiger charge is 2.19. The fourth-order valence-electron chi connectivity index (χ4n) is 2.54. The van der Waals surface area contributed by atoms with E-state index in [9.17, 15) is 0 Å². The van der Waals surface area contributed by atoms with Crippen LogP contribution in [0.25, 0.3) is 0 Å². The first-order chi connectivity index (χ1) is 9.66. The Balaban J connectivity index is 1.91. The maximum absolute atomic E-state index is 6.06. The van der Waals surface area contributed by atoms with Crippen LogP contribution >= 0.6 is 0 Å². The Kier molecular flexibility index (Phi) is 5.80. The van der Waals surface area contributed by atoms with Gasteiger partial charge in [0.2, 0.25) is 0 Å². The quantitative estimate of drug-likeness (QED) is 0.866. The van der Waals surface area contributed by atoms with Crippen LogP contribution in [0.2, 0.25) is 0 Å². The van der Waals surface area contributed by atoms with Crippen molar-refractivity contribution in [2.24, 2.45) is 0 Å². The topological polar surface area (TPSA) is 37.4 Å². The zero-order valence-electron chi connectivity index (χ0n) is 12.9. The van der Waals surface area contributed by atoms with E-state index >= 15 is 0 Å². The number of pyridine rings is 1. The van der Waals surface area contributed by atoms with E-state index in [4.69, 9.17) is 4.74 Å². The fourth-order valence-corrected chi connectivity index (χ4v) is 2.54. The van der Waals surface area contributed by atoms with Crippen LogP contribution in [0.15, 0.2) is 18.5 Å². The Hall–Kier alpha value is -1.13. The van der Waals surface area contributed by atoms with Gasteiger partial charge in [0, 0.05) is 36.6 Å². The van der Waals surface area contributed by atoms with Crippen LogP contribution < -0.4 is 10.1 Å². The third-order valence-corrected chi connectivity index (χ3v) is 3.91. The molecule has 4 nitrogen and oxygen atoms in total. The second-order valence-corrected chi connectivity index (χ2v) is 5.96. The molecule has 0 bridgehead atoms. The lowest BCUT2D eigenvalue weighted by Crippen LogP contribution is -2.40. The molecule has 1 aliphatic heterocycles. The van der Waals surface area contributed by atoms with Crippen LogP contribution in [-0.4, -0.2) is 42.2 Å². The summed E-state index contributed by atoms with van der Waals surface area (Å²) in [5.74, 6) is 0.965. The number of hydrogen-bond acceptors (Lipinski definition) is 4. The van der Waals surface area contributed by atoms with Gasteiger partial charge in [-0.05, 0) is 32.5 Å². The molecule has 4 heteroatoms. The number of likely N-dealkylation sites (tertiary alicyclic amines) is 1. The lowest BCUT2D eigenvalue weighted by molar-refractivity contribution is 0.124. The van der Waals surface area contributed by atoms with Gasteiger partial charge in [0.25, 0.3) is 0 Å². The third-order valence-electron chi connectivity index (χ3n) is 3.91. The predicted octanol–water partition coefficient (Wildman–Crippen LogP) is 2.44. The second-order valence-electron chi connectivity index (χ2n) is 5.96. The fraction of sp³-hybridized carbons (Fsp3) is 0.688. The molecule has 0 radical (unpaired) electrons. The van der Waals surface area contributed by atoms with Gasteiger partial charge in [-0.1, -0.05) is 20.3 Å². The Labute approximate surface area is 122 Å². The van der Waals surface area contributed by atoms with Crippen molar-refractivity contribution in [3.05, 3.63) is 24.0 Å². The van der Waals surface area contributed by atoms with Crippen molar-refractivity contribution in [3.8, 4) is 5.75 Å². The van der Waals surface area contributed by atoms with Crippen molar-refractivity contribution in [2.45, 2.75) is 51.7 Å². The molecule has 2 rings (SSSR count). The Morgan fingerprint density at radius 3 is 3.05 bits per heavy atom. The lowest BCUT2D eigenvalue weighted by Gasteiger charge is -2.32. The predicted molar refractivity (Wildman–Crippen MR) is 82.0 cm³/mol. The summed E-state index contributed by atoms with van der Waals surface area (Å²) in [6.45, 7) is 7.06. The van der Waals surface area contributed by atoms with Crippen molar-refractivity contribution < 1.29 is 4.74 Å². The molecule has 1 saturated heterocycles. The van der Waals surface area contributed by atoms with Crippen molar-refractivity contribution in [3.63, 3.8) is 0 Å². The summed E-state index contributed by atoms with van der Waals surface area (Å²) in [6.07, 6.45) is 7.57. The van der Waals surface area contributed by atoms with E-state index in [1.54, 1.807) is 6.20 Å². The number of nitrogens with one attached hydrogen (secondary N) is 1. The minimum absolute atomic E-state index is 0.465. The first kappa shape index (κ1) is 15.3. The van der Waals surface area contributed by atoms with Crippen LogP contribution in [0.3, 0.4) is 0 Å². The van der Waals surface area contributed by atoms with Gasteiger partial charge in [-0.25, -0.2) is 0 Å². The minimum atomic E-state index is 0.465. The molecule has 2 heterocycles. The summed E-state index contributed by atoms with van der Waals surface area (Å²) < 4.78 is 6.06. The van der Waals surface area contributed by atoms with Crippen LogP contribution in [-0.2, 0) is 6.54 Å². The molecular weight excluding hydrogens is 250 g/mol. The lowest BCUT2D eigenvalue weighted by atomic mass is 10.0. The average molecular weight is 277 g/mol. The first-order valence-corrected chi connectivity index (χ1v) is 7.66. The van der Waals surface area contributed by atoms with E-state index in [0.29, 0.717) is 12.1 Å². The molecule has 1 aliphatic rings. The van der Waals surface area contributed by atoms with Crippen LogP contribution in [0.4, 0.5) is 0 Å². The van der Waals surface area contributed by atoms with Gasteiger partial charge < -0.3 is 15.0 Å². The number of hydrogen-bond donors (Lipinski definition) is 1. The molecule has 112 valence electrons. The van der Waals surface area contributed by atoms with Gasteiger partial charge in [0.05, 0.1) is 0 Å². The molecule has 0 aliphatic carbocycles. The average Bonchev–Trinajstić information content (AvgIpc) is 2.45. The number of rotatable bonds is 6. The summed E-state index contributed by atoms with van der Waals surface area (Å²) in [7, 11) is 2.20. The van der Waals surface area contributed by atoms with Crippen LogP contribution in [0, 0.1) is 0 Å². The van der Waals surface area contributed by atoms with E-state index < -0.39 is 0 Å². The molecule has 20 heavy (non-hydrogen) atoms. The highest BCUT2D eigenvalue weighted by molar-refractivity contribution is 5.30. The Morgan fingerprint density at radius 2 is 2.30 bits per heavy atom. The van der Waals surface area contributed by atoms with Gasteiger partial charge >= 0.3 is 0 Å². The smallest absolute Gasteiger partial charge is 0.126 e. The largest absolute Gasteiger partial charge is 0.492 e. The first-order valence-electron chi connectivity index (χ1n) is 7.66. The van der Waals surface area contributed by atoms with E-state index in [0.717, 1.165) is 24.5 Å². The third kappa shape index (κ3) is 4.46. The van der Waals surface area contributed by atoms with E-state index in [1.165, 1.54) is 25.8 Å². The van der Waals surface area contributed by atoms with Crippen molar-refractivity contribution in [1.82, 2.24) is 15.2 Å². The van der Waals surface area contributed by atoms with Crippen molar-refractivity contribution >= 4 is 0 Å². The maximum atomic E-state index is 6.06. The second kappa shape index (κ2) is 7.60. The summed E-state index contributed by atoms with van der Waals surface area (Å²) in [6, 6.07) is 2.98. The van der Waals surface area contributed by atoms with Gasteiger partial charge in [0.15, 0.2) is 0 Å². The highest BCUT2D eigenvalue weighted by Crippen LogP contribution is 2.20. The molecule has 1 aromatic rings. The summed E-state index contributed by atoms with van der Waals surface area (Å²) in [5, 5.41) is 3.42. The zero-order chi connectivity index (χ0) is 14.4. The van der Waals surface area contributed by atoms with Gasteiger partial charge in [-0.15, -0.1) is 0 Å². The Bertz CT molecular complexity index is 408. The molecule has 1 N–H and O–H groups in total. The number of nitrogens with zero attached hydrogens (tertiary/aromatic N) is 2. The molecule has 0 aromatic carbocycles. The van der Waals surface area contributed by atoms with Crippen LogP contribution in [0.5, 0.6) is 5.75 Å². The minimum Gasteiger partial charge on any atom is -0.492 e. The standard InChI is InChI=1S/C16H27N3O/c1-13(2)18-11-14-10-17-8-7-16(14)20-12-15-6-4-5-9-19(15)3/h7-8,10,13,15,18H,4-6,9,11-12H2,1-3H3. The van der Waals surface area contributed by atoms with Crippen molar-refractivity contribution in [1.29, 1.82) is 0 Å². The molecular formula is C16H27N3O. The molecule has 0 amide bonds. The summed E-state index contributed by atoms with van der Waals surface area (Å²) in [4.78, 5) is 6.62. The summed E-state index contributed by atoms with van der Waals surface area (Å²) >= 11 is 0. The van der Waals surface area contributed by atoms with E-state index in [-0.39, 0.29) is 0 Å². The number of ether oxygens (including phenoxy) is 1. The molecule has 1 fully saturated rings. The number of aromatic nitrogens is 1. The SMILES string of the molecule is CC(C)NCc1cnccc1OCC1CCCCN1C. The van der Waals surface area contributed by atoms with E-state index in [2.05, 4.69) is 36.1 Å². The van der Waals surface area contributed by atoms with Gasteiger partial charge in [-0.2, -0.15) is 0 Å².